The van der Waals surface area contributed by atoms with Gasteiger partial charge in [0.2, 0.25) is 0 Å². The van der Waals surface area contributed by atoms with Gasteiger partial charge < -0.3 is 23.5 Å². The van der Waals surface area contributed by atoms with E-state index in [1.807, 2.05) is 54.9 Å². The molecule has 0 atom stereocenters. The number of aromatic nitrogens is 2. The number of ether oxygens (including phenoxy) is 4. The third kappa shape index (κ3) is 6.77. The third-order valence-electron chi connectivity index (χ3n) is 6.04. The molecule has 7 nitrogen and oxygen atoms in total. The second-order valence-corrected chi connectivity index (χ2v) is 9.32. The molecule has 1 heterocycles. The van der Waals surface area contributed by atoms with Crippen LogP contribution in [0.1, 0.15) is 30.3 Å². The number of aryl methyl sites for hydroxylation is 2. The molecule has 0 aliphatic heterocycles. The van der Waals surface area contributed by atoms with Crippen molar-refractivity contribution in [2.24, 2.45) is 7.05 Å². The summed E-state index contributed by atoms with van der Waals surface area (Å²) >= 11 is 1.70. The molecule has 1 aromatic heterocycles. The van der Waals surface area contributed by atoms with Gasteiger partial charge in [-0.25, -0.2) is 4.98 Å². The van der Waals surface area contributed by atoms with Crippen LogP contribution >= 0.6 is 11.8 Å². The van der Waals surface area contributed by atoms with Crippen molar-refractivity contribution in [1.82, 2.24) is 9.55 Å². The number of carbonyl (C=O) groups is 1. The van der Waals surface area contributed by atoms with Gasteiger partial charge in [0, 0.05) is 30.5 Å². The van der Waals surface area contributed by atoms with Crippen LogP contribution in [0, 0.1) is 0 Å². The van der Waals surface area contributed by atoms with Crippen LogP contribution in [0.4, 0.5) is 0 Å². The Balaban J connectivity index is 1.50. The summed E-state index contributed by atoms with van der Waals surface area (Å²) in [4.78, 5) is 17.8. The molecule has 3 aromatic carbocycles. The van der Waals surface area contributed by atoms with Gasteiger partial charge in [0.25, 0.3) is 0 Å². The molecule has 4 aromatic rings. The number of hydrogen-bond donors (Lipinski definition) is 0. The lowest BCUT2D eigenvalue weighted by Gasteiger charge is -2.14. The van der Waals surface area contributed by atoms with E-state index in [4.69, 9.17) is 23.9 Å². The molecular formula is C29H32N2O5S. The van der Waals surface area contributed by atoms with E-state index in [1.165, 1.54) is 4.90 Å². The van der Waals surface area contributed by atoms with Crippen molar-refractivity contribution in [1.29, 1.82) is 0 Å². The fraction of sp³-hybridized carbons (Fsp3) is 0.310. The summed E-state index contributed by atoms with van der Waals surface area (Å²) < 4.78 is 24.8. The van der Waals surface area contributed by atoms with Crippen LogP contribution in [0.25, 0.3) is 11.0 Å². The first-order valence-corrected chi connectivity index (χ1v) is 13.4. The average Bonchev–Trinajstić information content (AvgIpc) is 3.24. The molecule has 8 heteroatoms. The zero-order chi connectivity index (χ0) is 26.2. The molecule has 0 saturated carbocycles. The lowest BCUT2D eigenvalue weighted by Crippen LogP contribution is -2.07. The number of esters is 1. The second-order valence-electron chi connectivity index (χ2n) is 8.44. The Morgan fingerprint density at radius 3 is 2.49 bits per heavy atom. The zero-order valence-electron chi connectivity index (χ0n) is 21.7. The number of thioether (sulfide) groups is 1. The number of fused-ring (bicyclic) bond motifs is 1. The number of carbonyl (C=O) groups excluding carboxylic acids is 1. The van der Waals surface area contributed by atoms with Crippen molar-refractivity contribution in [3.63, 3.8) is 0 Å². The summed E-state index contributed by atoms with van der Waals surface area (Å²) in [7, 11) is 3.61. The standard InChI is InChI=1S/C29H32N2O5S/c1-5-34-29(32)15-9-21-8-10-23(17-27(21)36-18-20-6-12-24(37-4)13-7-20)35-19-28-30-25-14-11-22(33-3)16-26(25)31(28)2/h6-8,10-14,16-17H,5,9,15,18-19H2,1-4H3. The van der Waals surface area contributed by atoms with E-state index >= 15 is 0 Å². The topological polar surface area (TPSA) is 71.8 Å². The Bertz CT molecular complexity index is 1350. The molecule has 37 heavy (non-hydrogen) atoms. The second kappa shape index (κ2) is 12.5. The van der Waals surface area contributed by atoms with Gasteiger partial charge in [-0.1, -0.05) is 18.2 Å². The lowest BCUT2D eigenvalue weighted by molar-refractivity contribution is -0.143. The maximum absolute atomic E-state index is 11.9. The first kappa shape index (κ1) is 26.4. The predicted octanol–water partition coefficient (Wildman–Crippen LogP) is 5.96. The minimum absolute atomic E-state index is 0.222. The number of rotatable bonds is 12. The Kier molecular flexibility index (Phi) is 8.95. The van der Waals surface area contributed by atoms with Gasteiger partial charge in [-0.3, -0.25) is 4.79 Å². The highest BCUT2D eigenvalue weighted by Crippen LogP contribution is 2.29. The van der Waals surface area contributed by atoms with Gasteiger partial charge >= 0.3 is 5.97 Å². The number of methoxy groups -OCH3 is 1. The summed E-state index contributed by atoms with van der Waals surface area (Å²) in [5.74, 6) is 2.71. The summed E-state index contributed by atoms with van der Waals surface area (Å²) in [6.07, 6.45) is 2.86. The van der Waals surface area contributed by atoms with E-state index in [9.17, 15) is 4.79 Å². The Morgan fingerprint density at radius 2 is 1.76 bits per heavy atom. The Labute approximate surface area is 221 Å². The minimum Gasteiger partial charge on any atom is -0.497 e. The molecule has 0 radical (unpaired) electrons. The first-order valence-electron chi connectivity index (χ1n) is 12.2. The lowest BCUT2D eigenvalue weighted by atomic mass is 10.1. The van der Waals surface area contributed by atoms with Gasteiger partial charge in [-0.15, -0.1) is 11.8 Å². The van der Waals surface area contributed by atoms with Crippen molar-refractivity contribution in [2.75, 3.05) is 20.0 Å². The molecule has 4 rings (SSSR count). The third-order valence-corrected chi connectivity index (χ3v) is 6.79. The van der Waals surface area contributed by atoms with E-state index in [0.717, 1.165) is 33.7 Å². The molecule has 0 fully saturated rings. The van der Waals surface area contributed by atoms with Crippen molar-refractivity contribution >= 4 is 28.8 Å². The smallest absolute Gasteiger partial charge is 0.306 e. The molecule has 0 saturated heterocycles. The Morgan fingerprint density at radius 1 is 0.973 bits per heavy atom. The molecule has 0 unspecified atom stereocenters. The van der Waals surface area contributed by atoms with Crippen LogP contribution in [0.2, 0.25) is 0 Å². The fourth-order valence-electron chi connectivity index (χ4n) is 3.94. The van der Waals surface area contributed by atoms with Crippen LogP contribution in [0.15, 0.2) is 65.6 Å². The van der Waals surface area contributed by atoms with Crippen LogP contribution in [0.3, 0.4) is 0 Å². The zero-order valence-corrected chi connectivity index (χ0v) is 22.5. The number of nitrogens with zero attached hydrogens (tertiary/aromatic N) is 2. The van der Waals surface area contributed by atoms with E-state index in [2.05, 4.69) is 30.5 Å². The normalized spacial score (nSPS) is 10.9. The maximum Gasteiger partial charge on any atom is 0.306 e. The average molecular weight is 521 g/mol. The van der Waals surface area contributed by atoms with Crippen molar-refractivity contribution in [3.8, 4) is 17.2 Å². The fourth-order valence-corrected chi connectivity index (χ4v) is 4.35. The summed E-state index contributed by atoms with van der Waals surface area (Å²) in [6.45, 7) is 2.89. The van der Waals surface area contributed by atoms with E-state index in [-0.39, 0.29) is 12.4 Å². The van der Waals surface area contributed by atoms with Crippen molar-refractivity contribution in [3.05, 3.63) is 77.6 Å². The predicted molar refractivity (Wildman–Crippen MR) is 146 cm³/mol. The molecule has 0 N–H and O–H groups in total. The van der Waals surface area contributed by atoms with Gasteiger partial charge in [-0.05, 0) is 61.1 Å². The largest absolute Gasteiger partial charge is 0.497 e. The molecular weight excluding hydrogens is 488 g/mol. The quantitative estimate of drug-likeness (QED) is 0.169. The van der Waals surface area contributed by atoms with Crippen LogP contribution in [-0.4, -0.2) is 35.5 Å². The molecule has 194 valence electrons. The van der Waals surface area contributed by atoms with Gasteiger partial charge in [0.1, 0.15) is 36.3 Å². The van der Waals surface area contributed by atoms with Crippen molar-refractivity contribution in [2.45, 2.75) is 37.9 Å². The van der Waals surface area contributed by atoms with E-state index in [1.54, 1.807) is 18.9 Å². The SMILES string of the molecule is CCOC(=O)CCc1ccc(OCc2nc3ccc(OC)cc3n2C)cc1OCc1ccc(SC)cc1. The van der Waals surface area contributed by atoms with Crippen LogP contribution in [0.5, 0.6) is 17.2 Å². The number of benzene rings is 3. The molecule has 0 spiro atoms. The molecule has 0 aliphatic rings. The highest BCUT2D eigenvalue weighted by atomic mass is 32.2. The Hall–Kier alpha value is -3.65. The minimum atomic E-state index is -0.222. The van der Waals surface area contributed by atoms with Gasteiger partial charge in [0.15, 0.2) is 0 Å². The maximum atomic E-state index is 11.9. The molecule has 0 bridgehead atoms. The number of imidazole rings is 1. The van der Waals surface area contributed by atoms with Gasteiger partial charge in [-0.2, -0.15) is 0 Å². The monoisotopic (exact) mass is 520 g/mol. The summed E-state index contributed by atoms with van der Waals surface area (Å²) in [5.41, 5.74) is 3.85. The van der Waals surface area contributed by atoms with Crippen molar-refractivity contribution < 1.29 is 23.7 Å². The number of hydrogen-bond acceptors (Lipinski definition) is 7. The van der Waals surface area contributed by atoms with Crippen LogP contribution in [-0.2, 0) is 36.2 Å². The first-order chi connectivity index (χ1) is 18.0. The molecule has 0 amide bonds. The highest BCUT2D eigenvalue weighted by Gasteiger charge is 2.13. The van der Waals surface area contributed by atoms with Gasteiger partial charge in [0.05, 0.1) is 24.8 Å². The summed E-state index contributed by atoms with van der Waals surface area (Å²) in [5, 5.41) is 0. The summed E-state index contributed by atoms with van der Waals surface area (Å²) in [6, 6.07) is 19.8. The van der Waals surface area contributed by atoms with E-state index < -0.39 is 0 Å². The molecule has 0 aliphatic carbocycles. The van der Waals surface area contributed by atoms with Crippen LogP contribution < -0.4 is 14.2 Å². The van der Waals surface area contributed by atoms with E-state index in [0.29, 0.717) is 37.7 Å². The highest BCUT2D eigenvalue weighted by molar-refractivity contribution is 7.98.